The van der Waals surface area contributed by atoms with Crippen molar-refractivity contribution in [2.75, 3.05) is 6.61 Å². The van der Waals surface area contributed by atoms with Gasteiger partial charge in [0.25, 0.3) is 0 Å². The van der Waals surface area contributed by atoms with Crippen LogP contribution in [0.4, 0.5) is 0 Å². The first kappa shape index (κ1) is 15.6. The first-order chi connectivity index (χ1) is 10.0. The number of benzene rings is 1. The fourth-order valence-electron chi connectivity index (χ4n) is 2.06. The van der Waals surface area contributed by atoms with Gasteiger partial charge in [-0.25, -0.2) is 0 Å². The van der Waals surface area contributed by atoms with Crippen molar-refractivity contribution >= 4 is 27.8 Å². The normalized spacial score (nSPS) is 20.2. The van der Waals surface area contributed by atoms with Crippen molar-refractivity contribution in [1.29, 1.82) is 0 Å². The lowest BCUT2D eigenvalue weighted by Gasteiger charge is -2.12. The molecule has 0 fully saturated rings. The van der Waals surface area contributed by atoms with E-state index in [0.29, 0.717) is 12.2 Å². The van der Waals surface area contributed by atoms with Crippen LogP contribution in [0.1, 0.15) is 12.8 Å². The van der Waals surface area contributed by atoms with Crippen molar-refractivity contribution in [3.8, 4) is 5.75 Å². The Morgan fingerprint density at radius 2 is 2.00 bits per heavy atom. The van der Waals surface area contributed by atoms with Crippen molar-refractivity contribution in [3.63, 3.8) is 0 Å². The van der Waals surface area contributed by atoms with Gasteiger partial charge < -0.3 is 15.2 Å². The van der Waals surface area contributed by atoms with E-state index in [0.717, 1.165) is 4.47 Å². The van der Waals surface area contributed by atoms with Crippen molar-refractivity contribution in [2.45, 2.75) is 18.9 Å². The van der Waals surface area contributed by atoms with E-state index >= 15 is 0 Å². The molecule has 2 unspecified atom stereocenters. The van der Waals surface area contributed by atoms with Crippen LogP contribution in [0, 0.1) is 5.92 Å². The van der Waals surface area contributed by atoms with Gasteiger partial charge in [0, 0.05) is 10.5 Å². The van der Waals surface area contributed by atoms with Crippen molar-refractivity contribution in [3.05, 3.63) is 40.9 Å². The van der Waals surface area contributed by atoms with E-state index in [9.17, 15) is 9.59 Å². The second-order valence-electron chi connectivity index (χ2n) is 4.79. The van der Waals surface area contributed by atoms with Gasteiger partial charge in [0.2, 0.25) is 5.91 Å². The van der Waals surface area contributed by atoms with Crippen LogP contribution in [0.3, 0.4) is 0 Å². The fraction of sp³-hybridized carbons (Fsp3) is 0.333. The summed E-state index contributed by atoms with van der Waals surface area (Å²) in [6, 6.07) is 7.17. The number of hydrogen-bond donors (Lipinski definition) is 2. The summed E-state index contributed by atoms with van der Waals surface area (Å²) in [7, 11) is 0. The number of amides is 1. The maximum atomic E-state index is 11.7. The lowest BCUT2D eigenvalue weighted by Crippen LogP contribution is -2.34. The minimum absolute atomic E-state index is 0.146. The number of halogens is 1. The molecule has 0 saturated carbocycles. The van der Waals surface area contributed by atoms with Gasteiger partial charge in [0.15, 0.2) is 0 Å². The minimum Gasteiger partial charge on any atom is -0.493 e. The van der Waals surface area contributed by atoms with Crippen LogP contribution >= 0.6 is 15.9 Å². The van der Waals surface area contributed by atoms with E-state index < -0.39 is 11.9 Å². The highest BCUT2D eigenvalue weighted by atomic mass is 79.9. The quantitative estimate of drug-likeness (QED) is 0.769. The molecule has 0 heterocycles. The number of aliphatic carboxylic acids is 1. The molecule has 21 heavy (non-hydrogen) atoms. The molecule has 1 aromatic carbocycles. The number of hydrogen-bond acceptors (Lipinski definition) is 3. The van der Waals surface area contributed by atoms with Crippen LogP contribution in [0.25, 0.3) is 0 Å². The first-order valence-electron chi connectivity index (χ1n) is 6.63. The zero-order valence-corrected chi connectivity index (χ0v) is 12.9. The fourth-order valence-corrected chi connectivity index (χ4v) is 2.32. The first-order valence-corrected chi connectivity index (χ1v) is 7.43. The highest BCUT2D eigenvalue weighted by Gasteiger charge is 2.25. The maximum absolute atomic E-state index is 11.7. The number of ether oxygens (including phenoxy) is 1. The van der Waals surface area contributed by atoms with Crippen LogP contribution in [0.2, 0.25) is 0 Å². The zero-order chi connectivity index (χ0) is 15.2. The Hall–Kier alpha value is -1.82. The SMILES string of the molecule is O=C(CCOc1ccc(Br)cc1)NC1C=CC(C(=O)O)C1. The average Bonchev–Trinajstić information content (AvgIpc) is 2.90. The van der Waals surface area contributed by atoms with Crippen LogP contribution in [0.15, 0.2) is 40.9 Å². The summed E-state index contributed by atoms with van der Waals surface area (Å²) in [4.78, 5) is 22.5. The molecule has 2 rings (SSSR count). The second-order valence-corrected chi connectivity index (χ2v) is 5.71. The molecule has 1 aliphatic carbocycles. The number of carbonyl (C=O) groups excluding carboxylic acids is 1. The molecule has 0 radical (unpaired) electrons. The predicted octanol–water partition coefficient (Wildman–Crippen LogP) is 2.36. The standard InChI is InChI=1S/C15H16BrNO4/c16-11-2-5-13(6-3-11)21-8-7-14(18)17-12-4-1-10(9-12)15(19)20/h1-6,10,12H,7-9H2,(H,17,18)(H,19,20). The Morgan fingerprint density at radius 3 is 2.62 bits per heavy atom. The largest absolute Gasteiger partial charge is 0.493 e. The zero-order valence-electron chi connectivity index (χ0n) is 11.3. The van der Waals surface area contributed by atoms with Gasteiger partial charge in [-0.3, -0.25) is 9.59 Å². The van der Waals surface area contributed by atoms with E-state index in [1.807, 2.05) is 24.3 Å². The predicted molar refractivity (Wildman–Crippen MR) is 81.1 cm³/mol. The third-order valence-electron chi connectivity index (χ3n) is 3.16. The number of carboxylic acids is 1. The summed E-state index contributed by atoms with van der Waals surface area (Å²) >= 11 is 3.33. The van der Waals surface area contributed by atoms with Gasteiger partial charge in [0.1, 0.15) is 5.75 Å². The lowest BCUT2D eigenvalue weighted by atomic mass is 10.1. The van der Waals surface area contributed by atoms with E-state index in [1.54, 1.807) is 12.2 Å². The van der Waals surface area contributed by atoms with Gasteiger partial charge in [0.05, 0.1) is 18.9 Å². The Bertz CT molecular complexity index is 541. The Balaban J connectivity index is 1.67. The Labute approximate surface area is 131 Å². The molecule has 1 aromatic rings. The monoisotopic (exact) mass is 353 g/mol. The molecular formula is C15H16BrNO4. The third-order valence-corrected chi connectivity index (χ3v) is 3.69. The number of carbonyl (C=O) groups is 2. The van der Waals surface area contributed by atoms with Gasteiger partial charge in [-0.05, 0) is 30.7 Å². The topological polar surface area (TPSA) is 75.6 Å². The number of rotatable bonds is 6. The summed E-state index contributed by atoms with van der Waals surface area (Å²) in [6.07, 6.45) is 3.99. The van der Waals surface area contributed by atoms with Crippen LogP contribution in [-0.4, -0.2) is 29.6 Å². The Morgan fingerprint density at radius 1 is 1.29 bits per heavy atom. The van der Waals surface area contributed by atoms with Crippen LogP contribution in [-0.2, 0) is 9.59 Å². The number of nitrogens with one attached hydrogen (secondary N) is 1. The van der Waals surface area contributed by atoms with Crippen molar-refractivity contribution < 1.29 is 19.4 Å². The van der Waals surface area contributed by atoms with Crippen molar-refractivity contribution in [2.24, 2.45) is 5.92 Å². The van der Waals surface area contributed by atoms with E-state index in [2.05, 4.69) is 21.2 Å². The average molecular weight is 354 g/mol. The third kappa shape index (κ3) is 4.90. The summed E-state index contributed by atoms with van der Waals surface area (Å²) in [5.41, 5.74) is 0. The summed E-state index contributed by atoms with van der Waals surface area (Å²) in [6.45, 7) is 0.284. The van der Waals surface area contributed by atoms with Gasteiger partial charge in [-0.15, -0.1) is 0 Å². The van der Waals surface area contributed by atoms with E-state index in [1.165, 1.54) is 0 Å². The van der Waals surface area contributed by atoms with E-state index in [-0.39, 0.29) is 25.0 Å². The van der Waals surface area contributed by atoms with Crippen LogP contribution in [0.5, 0.6) is 5.75 Å². The highest BCUT2D eigenvalue weighted by Crippen LogP contribution is 2.18. The number of carboxylic acid groups (broad SMARTS) is 1. The molecule has 0 aliphatic heterocycles. The Kier molecular flexibility index (Phi) is 5.38. The highest BCUT2D eigenvalue weighted by molar-refractivity contribution is 9.10. The smallest absolute Gasteiger partial charge is 0.310 e. The second kappa shape index (κ2) is 7.26. The maximum Gasteiger partial charge on any atom is 0.310 e. The molecule has 5 nitrogen and oxygen atoms in total. The summed E-state index contributed by atoms with van der Waals surface area (Å²) in [5.74, 6) is -0.804. The molecule has 0 saturated heterocycles. The molecule has 1 amide bonds. The summed E-state index contributed by atoms with van der Waals surface area (Å²) < 4.78 is 6.43. The molecule has 0 aromatic heterocycles. The molecule has 1 aliphatic rings. The molecule has 2 atom stereocenters. The minimum atomic E-state index is -0.860. The van der Waals surface area contributed by atoms with Gasteiger partial charge in [-0.1, -0.05) is 28.1 Å². The van der Waals surface area contributed by atoms with Crippen LogP contribution < -0.4 is 10.1 Å². The van der Waals surface area contributed by atoms with Crippen molar-refractivity contribution in [1.82, 2.24) is 5.32 Å². The summed E-state index contributed by atoms with van der Waals surface area (Å²) in [5, 5.41) is 11.6. The molecule has 112 valence electrons. The molecule has 6 heteroatoms. The molecule has 0 bridgehead atoms. The van der Waals surface area contributed by atoms with Gasteiger partial charge in [-0.2, -0.15) is 0 Å². The molecule has 2 N–H and O–H groups in total. The molecule has 0 spiro atoms. The lowest BCUT2D eigenvalue weighted by molar-refractivity contribution is -0.140. The van der Waals surface area contributed by atoms with E-state index in [4.69, 9.17) is 9.84 Å². The van der Waals surface area contributed by atoms with Gasteiger partial charge >= 0.3 is 5.97 Å². The molecular weight excluding hydrogens is 338 g/mol.